The van der Waals surface area contributed by atoms with E-state index in [0.29, 0.717) is 12.1 Å². The number of fused-ring (bicyclic) bond motifs is 1. The second-order valence-electron chi connectivity index (χ2n) is 3.92. The first-order valence-electron chi connectivity index (χ1n) is 5.67. The fraction of sp³-hybridized carbons (Fsp3) is 0.308. The molecule has 0 fully saturated rings. The average Bonchev–Trinajstić information content (AvgIpc) is 2.68. The van der Waals surface area contributed by atoms with E-state index in [2.05, 4.69) is 9.72 Å². The van der Waals surface area contributed by atoms with Crippen LogP contribution >= 0.6 is 0 Å². The van der Waals surface area contributed by atoms with E-state index in [9.17, 15) is 9.59 Å². The van der Waals surface area contributed by atoms with Crippen molar-refractivity contribution in [2.45, 2.75) is 20.4 Å². The molecule has 5 heteroatoms. The molecule has 18 heavy (non-hydrogen) atoms. The van der Waals surface area contributed by atoms with Crippen molar-refractivity contribution in [3.05, 3.63) is 29.7 Å². The predicted molar refractivity (Wildman–Crippen MR) is 66.5 cm³/mol. The van der Waals surface area contributed by atoms with Gasteiger partial charge in [0.05, 0.1) is 24.4 Å². The molecule has 0 bridgehead atoms. The maximum atomic E-state index is 12.0. The lowest BCUT2D eigenvalue weighted by Gasteiger charge is -2.03. The summed E-state index contributed by atoms with van der Waals surface area (Å²) < 4.78 is 6.46. The molecule has 0 amide bonds. The summed E-state index contributed by atoms with van der Waals surface area (Å²) >= 11 is 0. The number of carbonyl (C=O) groups is 2. The molecule has 0 aliphatic heterocycles. The van der Waals surface area contributed by atoms with Crippen LogP contribution in [-0.2, 0) is 16.1 Å². The minimum Gasteiger partial charge on any atom is -0.463 e. The first kappa shape index (κ1) is 12.3. The van der Waals surface area contributed by atoms with Crippen LogP contribution < -0.4 is 0 Å². The molecule has 0 atom stereocenters. The number of pyridine rings is 1. The highest BCUT2D eigenvalue weighted by Crippen LogP contribution is 2.25. The summed E-state index contributed by atoms with van der Waals surface area (Å²) in [6.07, 6.45) is 3.30. The van der Waals surface area contributed by atoms with Gasteiger partial charge >= 0.3 is 5.97 Å². The third-order valence-electron chi connectivity index (χ3n) is 3.04. The third-order valence-corrected chi connectivity index (χ3v) is 3.04. The summed E-state index contributed by atoms with van der Waals surface area (Å²) in [5, 5.41) is 0.736. The first-order chi connectivity index (χ1) is 8.61. The minimum absolute atomic E-state index is 0.404. The van der Waals surface area contributed by atoms with Gasteiger partial charge in [-0.25, -0.2) is 4.79 Å². The van der Waals surface area contributed by atoms with Gasteiger partial charge in [-0.05, 0) is 19.9 Å². The maximum absolute atomic E-state index is 12.0. The number of methoxy groups -OCH3 is 1. The van der Waals surface area contributed by atoms with Gasteiger partial charge in [-0.15, -0.1) is 0 Å². The molecule has 94 valence electrons. The van der Waals surface area contributed by atoms with Crippen molar-refractivity contribution in [2.24, 2.45) is 0 Å². The van der Waals surface area contributed by atoms with E-state index in [4.69, 9.17) is 0 Å². The molecule has 0 aromatic carbocycles. The number of rotatable bonds is 3. The van der Waals surface area contributed by atoms with Crippen molar-refractivity contribution in [3.63, 3.8) is 0 Å². The lowest BCUT2D eigenvalue weighted by molar-refractivity contribution is -0.135. The van der Waals surface area contributed by atoms with Crippen LogP contribution in [0.4, 0.5) is 0 Å². The van der Waals surface area contributed by atoms with Gasteiger partial charge in [-0.3, -0.25) is 9.78 Å². The fourth-order valence-corrected chi connectivity index (χ4v) is 2.21. The fourth-order valence-electron chi connectivity index (χ4n) is 2.21. The van der Waals surface area contributed by atoms with E-state index in [1.807, 2.05) is 18.4 Å². The number of aromatic nitrogens is 2. The number of hydrogen-bond acceptors (Lipinski definition) is 4. The second kappa shape index (κ2) is 4.60. The Morgan fingerprint density at radius 3 is 2.78 bits per heavy atom. The smallest absolute Gasteiger partial charge is 0.379 e. The highest BCUT2D eigenvalue weighted by Gasteiger charge is 2.25. The van der Waals surface area contributed by atoms with Crippen molar-refractivity contribution >= 4 is 22.7 Å². The van der Waals surface area contributed by atoms with Crippen molar-refractivity contribution in [1.82, 2.24) is 9.55 Å². The number of ketones is 1. The summed E-state index contributed by atoms with van der Waals surface area (Å²) in [5.41, 5.74) is 2.02. The predicted octanol–water partition coefficient (Wildman–Crippen LogP) is 1.72. The summed E-state index contributed by atoms with van der Waals surface area (Å²) in [4.78, 5) is 27.5. The Bertz CT molecular complexity index is 628. The second-order valence-corrected chi connectivity index (χ2v) is 3.92. The van der Waals surface area contributed by atoms with Crippen LogP contribution in [0.2, 0.25) is 0 Å². The van der Waals surface area contributed by atoms with Gasteiger partial charge in [-0.1, -0.05) is 0 Å². The van der Waals surface area contributed by atoms with Crippen molar-refractivity contribution in [3.8, 4) is 0 Å². The molecule has 0 aliphatic carbocycles. The van der Waals surface area contributed by atoms with Crippen LogP contribution in [0.1, 0.15) is 23.0 Å². The van der Waals surface area contributed by atoms with Gasteiger partial charge in [0.1, 0.15) is 0 Å². The monoisotopic (exact) mass is 246 g/mol. The zero-order valence-corrected chi connectivity index (χ0v) is 10.6. The van der Waals surface area contributed by atoms with Crippen LogP contribution in [0.25, 0.3) is 10.9 Å². The van der Waals surface area contributed by atoms with Crippen LogP contribution in [0.15, 0.2) is 18.5 Å². The molecule has 0 radical (unpaired) electrons. The Kier molecular flexibility index (Phi) is 3.14. The summed E-state index contributed by atoms with van der Waals surface area (Å²) in [6.45, 7) is 4.51. The van der Waals surface area contributed by atoms with Crippen LogP contribution in [0, 0.1) is 6.92 Å². The van der Waals surface area contributed by atoms with Gasteiger partial charge < -0.3 is 9.30 Å². The van der Waals surface area contributed by atoms with Gasteiger partial charge in [0.15, 0.2) is 0 Å². The van der Waals surface area contributed by atoms with E-state index in [1.54, 1.807) is 18.5 Å². The topological polar surface area (TPSA) is 61.2 Å². The van der Waals surface area contributed by atoms with E-state index < -0.39 is 11.8 Å². The summed E-state index contributed by atoms with van der Waals surface area (Å²) in [7, 11) is 1.20. The average molecular weight is 246 g/mol. The third kappa shape index (κ3) is 1.68. The molecule has 2 aromatic rings. The minimum atomic E-state index is -0.843. The summed E-state index contributed by atoms with van der Waals surface area (Å²) in [5.74, 6) is -1.46. The normalized spacial score (nSPS) is 10.6. The Hall–Kier alpha value is -2.17. The molecule has 2 aromatic heterocycles. The lowest BCUT2D eigenvalue weighted by atomic mass is 10.1. The SMILES string of the molecule is CCn1c(C)c(C(=O)C(=O)OC)c2ccncc21. The van der Waals surface area contributed by atoms with E-state index in [-0.39, 0.29) is 0 Å². The van der Waals surface area contributed by atoms with Crippen LogP contribution in [0.5, 0.6) is 0 Å². The van der Waals surface area contributed by atoms with Gasteiger partial charge in [0, 0.05) is 23.8 Å². The molecule has 0 aliphatic rings. The standard InChI is InChI=1S/C13H14N2O3/c1-4-15-8(2)11(12(16)13(17)18-3)9-5-6-14-7-10(9)15/h5-7H,4H2,1-3H3. The summed E-state index contributed by atoms with van der Waals surface area (Å²) in [6, 6.07) is 1.74. The molecule has 0 saturated carbocycles. The largest absolute Gasteiger partial charge is 0.463 e. The molecule has 0 spiro atoms. The van der Waals surface area contributed by atoms with Gasteiger partial charge in [-0.2, -0.15) is 0 Å². The zero-order chi connectivity index (χ0) is 13.3. The lowest BCUT2D eigenvalue weighted by Crippen LogP contribution is -2.16. The van der Waals surface area contributed by atoms with Crippen molar-refractivity contribution < 1.29 is 14.3 Å². The molecular formula is C13H14N2O3. The Morgan fingerprint density at radius 2 is 2.17 bits per heavy atom. The van der Waals surface area contributed by atoms with Gasteiger partial charge in [0.2, 0.25) is 0 Å². The number of Topliss-reactive ketones (excluding diaryl/α,β-unsaturated/α-hetero) is 1. The van der Waals surface area contributed by atoms with E-state index >= 15 is 0 Å². The van der Waals surface area contributed by atoms with Crippen molar-refractivity contribution in [1.29, 1.82) is 0 Å². The maximum Gasteiger partial charge on any atom is 0.379 e. The van der Waals surface area contributed by atoms with Crippen LogP contribution in [-0.4, -0.2) is 28.4 Å². The highest BCUT2D eigenvalue weighted by atomic mass is 16.5. The van der Waals surface area contributed by atoms with E-state index in [1.165, 1.54) is 7.11 Å². The Morgan fingerprint density at radius 1 is 1.44 bits per heavy atom. The van der Waals surface area contributed by atoms with Gasteiger partial charge in [0.25, 0.3) is 5.78 Å². The number of ether oxygens (including phenoxy) is 1. The zero-order valence-electron chi connectivity index (χ0n) is 10.6. The molecule has 2 heterocycles. The van der Waals surface area contributed by atoms with Crippen LogP contribution in [0.3, 0.4) is 0 Å². The molecule has 0 N–H and O–H groups in total. The molecule has 5 nitrogen and oxygen atoms in total. The Balaban J connectivity index is 2.74. The number of aryl methyl sites for hydroxylation is 1. The molecule has 0 saturated heterocycles. The number of esters is 1. The Labute approximate surface area is 104 Å². The highest BCUT2D eigenvalue weighted by molar-refractivity contribution is 6.43. The number of hydrogen-bond donors (Lipinski definition) is 0. The first-order valence-corrected chi connectivity index (χ1v) is 5.67. The van der Waals surface area contributed by atoms with E-state index in [0.717, 1.165) is 16.6 Å². The molecular weight excluding hydrogens is 232 g/mol. The quantitative estimate of drug-likeness (QED) is 0.470. The number of nitrogens with zero attached hydrogens (tertiary/aromatic N) is 2. The molecule has 0 unspecified atom stereocenters. The number of carbonyl (C=O) groups excluding carboxylic acids is 2. The molecule has 2 rings (SSSR count). The van der Waals surface area contributed by atoms with Crippen molar-refractivity contribution in [2.75, 3.05) is 7.11 Å².